The molecule has 2 amide bonds. The first-order valence-electron chi connectivity index (χ1n) is 9.93. The van der Waals surface area contributed by atoms with E-state index >= 15 is 0 Å². The van der Waals surface area contributed by atoms with Gasteiger partial charge in [0.1, 0.15) is 5.75 Å². The van der Waals surface area contributed by atoms with Crippen LogP contribution >= 0.6 is 0 Å². The number of nitrogens with one attached hydrogen (secondary N) is 2. The number of carbonyl (C=O) groups excluding carboxylic acids is 2. The molecule has 2 N–H and O–H groups in total. The van der Waals surface area contributed by atoms with E-state index in [1.165, 1.54) is 10.4 Å². The van der Waals surface area contributed by atoms with E-state index in [1.807, 2.05) is 20.8 Å². The topological polar surface area (TPSA) is 105 Å². The maximum absolute atomic E-state index is 13.3. The van der Waals surface area contributed by atoms with Crippen LogP contribution in [0, 0.1) is 12.8 Å². The Morgan fingerprint density at radius 1 is 1.38 bits per heavy atom. The fourth-order valence-electron chi connectivity index (χ4n) is 3.53. The molecule has 0 bridgehead atoms. The number of aryl methyl sites for hydroxylation is 1. The van der Waals surface area contributed by atoms with Crippen molar-refractivity contribution in [3.8, 4) is 5.75 Å². The number of nitrogens with zero attached hydrogens (tertiary/aromatic N) is 1. The second-order valence-electron chi connectivity index (χ2n) is 8.38. The van der Waals surface area contributed by atoms with Gasteiger partial charge in [-0.25, -0.2) is 8.42 Å². The van der Waals surface area contributed by atoms with E-state index in [9.17, 15) is 18.0 Å². The molecule has 2 aliphatic rings. The molecule has 0 spiro atoms. The summed E-state index contributed by atoms with van der Waals surface area (Å²) in [6.45, 7) is 7.98. The maximum atomic E-state index is 13.3. The number of hydrogen-bond acceptors (Lipinski definition) is 5. The number of sulfonamides is 1. The molecule has 0 aromatic heterocycles. The van der Waals surface area contributed by atoms with E-state index in [2.05, 4.69) is 10.6 Å². The minimum atomic E-state index is -3.79. The standard InChI is InChI=1S/C20H29N3O5S/c1-5-20(3,4)22-19(25)14-7-6-8-23(11-14)29(26,27)17-10-16-15(9-13(17)2)21-18(24)12-28-16/h9-10,14H,5-8,11-12H2,1-4H3,(H,21,24)(H,22,25). The van der Waals surface area contributed by atoms with Gasteiger partial charge in [-0.05, 0) is 51.7 Å². The predicted octanol–water partition coefficient (Wildman–Crippen LogP) is 2.03. The van der Waals surface area contributed by atoms with Gasteiger partial charge in [0.05, 0.1) is 16.5 Å². The molecule has 1 atom stereocenters. The quantitative estimate of drug-likeness (QED) is 0.754. The highest BCUT2D eigenvalue weighted by atomic mass is 32.2. The molecular weight excluding hydrogens is 394 g/mol. The Hall–Kier alpha value is -2.13. The van der Waals surface area contributed by atoms with Crippen LogP contribution in [0.2, 0.25) is 0 Å². The van der Waals surface area contributed by atoms with Crippen molar-refractivity contribution in [2.45, 2.75) is 57.4 Å². The minimum Gasteiger partial charge on any atom is -0.482 e. The summed E-state index contributed by atoms with van der Waals surface area (Å²) in [5, 5.41) is 5.71. The highest BCUT2D eigenvalue weighted by Gasteiger charge is 2.36. The third-order valence-corrected chi connectivity index (χ3v) is 7.64. The van der Waals surface area contributed by atoms with Crippen LogP contribution in [0.15, 0.2) is 17.0 Å². The van der Waals surface area contributed by atoms with Crippen molar-refractivity contribution >= 4 is 27.5 Å². The monoisotopic (exact) mass is 423 g/mol. The molecule has 0 radical (unpaired) electrons. The Labute approximate surface area is 172 Å². The van der Waals surface area contributed by atoms with Gasteiger partial charge in [-0.1, -0.05) is 6.92 Å². The van der Waals surface area contributed by atoms with Crippen LogP contribution in [0.3, 0.4) is 0 Å². The summed E-state index contributed by atoms with van der Waals surface area (Å²) >= 11 is 0. The molecular formula is C20H29N3O5S. The molecule has 0 aliphatic carbocycles. The lowest BCUT2D eigenvalue weighted by Crippen LogP contribution is -2.50. The highest BCUT2D eigenvalue weighted by Crippen LogP contribution is 2.35. The summed E-state index contributed by atoms with van der Waals surface area (Å²) in [6.07, 6.45) is 2.08. The van der Waals surface area contributed by atoms with Crippen LogP contribution in [0.25, 0.3) is 0 Å². The summed E-state index contributed by atoms with van der Waals surface area (Å²) in [7, 11) is -3.79. The number of piperidine rings is 1. The van der Waals surface area contributed by atoms with Crippen LogP contribution in [0.1, 0.15) is 45.6 Å². The smallest absolute Gasteiger partial charge is 0.262 e. The van der Waals surface area contributed by atoms with Crippen LogP contribution in [-0.4, -0.2) is 49.8 Å². The molecule has 8 nitrogen and oxygen atoms in total. The van der Waals surface area contributed by atoms with E-state index in [4.69, 9.17) is 4.74 Å². The lowest BCUT2D eigenvalue weighted by Gasteiger charge is -2.34. The van der Waals surface area contributed by atoms with Gasteiger partial charge in [-0.3, -0.25) is 9.59 Å². The van der Waals surface area contributed by atoms with E-state index in [1.54, 1.807) is 13.0 Å². The largest absolute Gasteiger partial charge is 0.482 e. The fourth-order valence-corrected chi connectivity index (χ4v) is 5.28. The summed E-state index contributed by atoms with van der Waals surface area (Å²) in [5.74, 6) is -0.417. The van der Waals surface area contributed by atoms with Gasteiger partial charge in [0.25, 0.3) is 5.91 Å². The van der Waals surface area contributed by atoms with Gasteiger partial charge in [-0.2, -0.15) is 4.31 Å². The van der Waals surface area contributed by atoms with Gasteiger partial charge in [0, 0.05) is 24.7 Å². The van der Waals surface area contributed by atoms with Gasteiger partial charge >= 0.3 is 0 Å². The zero-order valence-corrected chi connectivity index (χ0v) is 18.2. The number of fused-ring (bicyclic) bond motifs is 1. The molecule has 1 saturated heterocycles. The number of carbonyl (C=O) groups is 2. The molecule has 3 rings (SSSR count). The first-order chi connectivity index (χ1) is 13.5. The molecule has 2 aliphatic heterocycles. The van der Waals surface area contributed by atoms with Gasteiger partial charge in [0.15, 0.2) is 6.61 Å². The number of benzene rings is 1. The summed E-state index contributed by atoms with van der Waals surface area (Å²) in [6, 6.07) is 3.07. The second kappa shape index (κ2) is 7.95. The Morgan fingerprint density at radius 3 is 2.79 bits per heavy atom. The normalized spacial score (nSPS) is 20.4. The molecule has 160 valence electrons. The van der Waals surface area contributed by atoms with E-state index < -0.39 is 10.0 Å². The summed E-state index contributed by atoms with van der Waals surface area (Å²) in [5.41, 5.74) is 0.665. The molecule has 1 unspecified atom stereocenters. The van der Waals surface area contributed by atoms with Crippen LogP contribution in [-0.2, 0) is 19.6 Å². The molecule has 0 saturated carbocycles. The number of ether oxygens (including phenoxy) is 1. The van der Waals surface area contributed by atoms with Crippen molar-refractivity contribution in [1.29, 1.82) is 0 Å². The van der Waals surface area contributed by atoms with Crippen molar-refractivity contribution in [1.82, 2.24) is 9.62 Å². The van der Waals surface area contributed by atoms with Crippen molar-refractivity contribution in [3.05, 3.63) is 17.7 Å². The highest BCUT2D eigenvalue weighted by molar-refractivity contribution is 7.89. The Balaban J connectivity index is 1.82. The third-order valence-electron chi connectivity index (χ3n) is 5.63. The van der Waals surface area contributed by atoms with Crippen LogP contribution < -0.4 is 15.4 Å². The van der Waals surface area contributed by atoms with Crippen molar-refractivity contribution in [2.75, 3.05) is 25.0 Å². The first-order valence-corrected chi connectivity index (χ1v) is 11.4. The van der Waals surface area contributed by atoms with Gasteiger partial charge < -0.3 is 15.4 Å². The van der Waals surface area contributed by atoms with Crippen molar-refractivity contribution in [3.63, 3.8) is 0 Å². The number of hydrogen-bond donors (Lipinski definition) is 2. The zero-order valence-electron chi connectivity index (χ0n) is 17.4. The van der Waals surface area contributed by atoms with Crippen molar-refractivity contribution in [2.24, 2.45) is 5.92 Å². The average Bonchev–Trinajstić information content (AvgIpc) is 2.67. The molecule has 29 heavy (non-hydrogen) atoms. The Kier molecular flexibility index (Phi) is 5.91. The first kappa shape index (κ1) is 21.6. The van der Waals surface area contributed by atoms with Gasteiger partial charge in [-0.15, -0.1) is 0 Å². The average molecular weight is 424 g/mol. The second-order valence-corrected chi connectivity index (χ2v) is 10.3. The number of anilines is 1. The molecule has 1 aromatic carbocycles. The SMILES string of the molecule is CCC(C)(C)NC(=O)C1CCCN(S(=O)(=O)c2cc3c(cc2C)NC(=O)CO3)C1. The zero-order chi connectivity index (χ0) is 21.4. The molecule has 9 heteroatoms. The van der Waals surface area contributed by atoms with E-state index in [-0.39, 0.29) is 41.3 Å². The van der Waals surface area contributed by atoms with E-state index in [0.717, 1.165) is 6.42 Å². The summed E-state index contributed by atoms with van der Waals surface area (Å²) < 4.78 is 33.4. The Morgan fingerprint density at radius 2 is 2.10 bits per heavy atom. The third kappa shape index (κ3) is 4.56. The van der Waals surface area contributed by atoms with Crippen LogP contribution in [0.5, 0.6) is 5.75 Å². The maximum Gasteiger partial charge on any atom is 0.262 e. The molecule has 2 heterocycles. The van der Waals surface area contributed by atoms with Crippen molar-refractivity contribution < 1.29 is 22.7 Å². The number of rotatable bonds is 5. The summed E-state index contributed by atoms with van der Waals surface area (Å²) in [4.78, 5) is 24.3. The molecule has 1 aromatic rings. The minimum absolute atomic E-state index is 0.107. The predicted molar refractivity (Wildman–Crippen MR) is 109 cm³/mol. The lowest BCUT2D eigenvalue weighted by molar-refractivity contribution is -0.127. The van der Waals surface area contributed by atoms with Gasteiger partial charge in [0.2, 0.25) is 15.9 Å². The fraction of sp³-hybridized carbons (Fsp3) is 0.600. The van der Waals surface area contributed by atoms with Crippen LogP contribution in [0.4, 0.5) is 5.69 Å². The molecule has 1 fully saturated rings. The lowest BCUT2D eigenvalue weighted by atomic mass is 9.95. The van der Waals surface area contributed by atoms with E-state index in [0.29, 0.717) is 36.4 Å². The Bertz CT molecular complexity index is 926. The number of amides is 2.